The molecule has 1 heterocycles. The molecule has 0 fully saturated rings. The normalized spacial score (nSPS) is 15.3. The lowest BCUT2D eigenvalue weighted by atomic mass is 10.1. The molecular weight excluding hydrogens is 214 g/mol. The van der Waals surface area contributed by atoms with Crippen LogP contribution in [0.25, 0.3) is 0 Å². The smallest absolute Gasteiger partial charge is 0.0910 e. The first-order chi connectivity index (χ1) is 6.74. The Morgan fingerprint density at radius 2 is 2.43 bits per heavy atom. The summed E-state index contributed by atoms with van der Waals surface area (Å²) in [4.78, 5) is 0. The summed E-state index contributed by atoms with van der Waals surface area (Å²) in [6.45, 7) is 2.08. The average molecular weight is 231 g/mol. The zero-order valence-electron chi connectivity index (χ0n) is 8.44. The van der Waals surface area contributed by atoms with Crippen molar-refractivity contribution in [1.29, 1.82) is 0 Å². The topological polar surface area (TPSA) is 43.1 Å². The van der Waals surface area contributed by atoms with E-state index in [1.807, 2.05) is 17.5 Å². The van der Waals surface area contributed by atoms with E-state index >= 15 is 0 Å². The first kappa shape index (κ1) is 11.9. The van der Waals surface area contributed by atoms with Crippen LogP contribution >= 0.6 is 11.3 Å². The summed E-state index contributed by atoms with van der Waals surface area (Å²) in [7, 11) is -0.808. The molecule has 4 heteroatoms. The van der Waals surface area contributed by atoms with E-state index in [-0.39, 0.29) is 6.04 Å². The monoisotopic (exact) mass is 231 g/mol. The number of rotatable bonds is 6. The zero-order chi connectivity index (χ0) is 10.4. The third-order valence-electron chi connectivity index (χ3n) is 2.15. The van der Waals surface area contributed by atoms with Gasteiger partial charge in [0.2, 0.25) is 0 Å². The maximum Gasteiger partial charge on any atom is 0.0910 e. The molecule has 0 aliphatic heterocycles. The van der Waals surface area contributed by atoms with Gasteiger partial charge in [-0.2, -0.15) is 0 Å². The first-order valence-corrected chi connectivity index (χ1v) is 7.11. The van der Waals surface area contributed by atoms with E-state index in [2.05, 4.69) is 6.92 Å². The second-order valence-corrected chi connectivity index (χ2v) is 6.04. The van der Waals surface area contributed by atoms with E-state index in [9.17, 15) is 4.21 Å². The maximum atomic E-state index is 11.7. The Labute approximate surface area is 92.0 Å². The highest BCUT2D eigenvalue weighted by Crippen LogP contribution is 2.15. The Hall–Kier alpha value is -0.190. The average Bonchev–Trinajstić information content (AvgIpc) is 2.70. The number of nitrogens with two attached hydrogens (primary N) is 1. The molecule has 0 aromatic carbocycles. The number of hydrogen-bond acceptors (Lipinski definition) is 3. The zero-order valence-corrected chi connectivity index (χ0v) is 10.1. The Morgan fingerprint density at radius 3 is 3.00 bits per heavy atom. The lowest BCUT2D eigenvalue weighted by molar-refractivity contribution is 0.586. The van der Waals surface area contributed by atoms with Crippen LogP contribution in [0, 0.1) is 0 Å². The second kappa shape index (κ2) is 6.32. The van der Waals surface area contributed by atoms with Crippen LogP contribution < -0.4 is 5.73 Å². The van der Waals surface area contributed by atoms with Gasteiger partial charge in [0.05, 0.1) is 15.0 Å². The summed E-state index contributed by atoms with van der Waals surface area (Å²) in [6.07, 6.45) is 2.94. The molecule has 1 rings (SSSR count). The van der Waals surface area contributed by atoms with Gasteiger partial charge in [-0.1, -0.05) is 13.0 Å². The summed E-state index contributed by atoms with van der Waals surface area (Å²) in [5, 5.41) is 1.96. The van der Waals surface area contributed by atoms with Crippen molar-refractivity contribution in [3.05, 3.63) is 17.5 Å². The van der Waals surface area contributed by atoms with Crippen LogP contribution in [-0.2, 0) is 10.8 Å². The quantitative estimate of drug-likeness (QED) is 0.817. The van der Waals surface area contributed by atoms with Crippen molar-refractivity contribution in [3.8, 4) is 0 Å². The van der Waals surface area contributed by atoms with E-state index in [0.29, 0.717) is 0 Å². The van der Waals surface area contributed by atoms with Crippen LogP contribution in [0.15, 0.2) is 21.7 Å². The highest BCUT2D eigenvalue weighted by atomic mass is 32.2. The molecule has 2 nitrogen and oxygen atoms in total. The molecule has 2 N–H and O–H groups in total. The molecular formula is C10H17NOS2. The number of thiophene rings is 1. The van der Waals surface area contributed by atoms with Crippen LogP contribution in [0.5, 0.6) is 0 Å². The van der Waals surface area contributed by atoms with Gasteiger partial charge in [-0.25, -0.2) is 0 Å². The van der Waals surface area contributed by atoms with Crippen molar-refractivity contribution in [2.24, 2.45) is 5.73 Å². The Morgan fingerprint density at radius 1 is 1.64 bits per heavy atom. The van der Waals surface area contributed by atoms with Gasteiger partial charge in [0.25, 0.3) is 0 Å². The molecule has 1 aromatic rings. The van der Waals surface area contributed by atoms with Gasteiger partial charge in [-0.15, -0.1) is 11.3 Å². The number of hydrogen-bond donors (Lipinski definition) is 1. The summed E-state index contributed by atoms with van der Waals surface area (Å²) < 4.78 is 12.6. The van der Waals surface area contributed by atoms with Crippen LogP contribution in [0.3, 0.4) is 0 Å². The molecule has 0 bridgehead atoms. The van der Waals surface area contributed by atoms with E-state index in [1.54, 1.807) is 11.3 Å². The SMILES string of the molecule is CCC(N)CCCS(=O)c1cccs1. The predicted molar refractivity (Wildman–Crippen MR) is 63.1 cm³/mol. The fourth-order valence-electron chi connectivity index (χ4n) is 1.17. The maximum absolute atomic E-state index is 11.7. The molecule has 1 aromatic heterocycles. The van der Waals surface area contributed by atoms with Gasteiger partial charge >= 0.3 is 0 Å². The van der Waals surface area contributed by atoms with Gasteiger partial charge in [0, 0.05) is 11.8 Å². The molecule has 0 aliphatic carbocycles. The molecule has 2 atom stereocenters. The minimum atomic E-state index is -0.808. The van der Waals surface area contributed by atoms with Gasteiger partial charge in [-0.05, 0) is 30.7 Å². The molecule has 14 heavy (non-hydrogen) atoms. The van der Waals surface area contributed by atoms with Crippen molar-refractivity contribution >= 4 is 22.1 Å². The van der Waals surface area contributed by atoms with Crippen LogP contribution in [0.2, 0.25) is 0 Å². The van der Waals surface area contributed by atoms with Gasteiger partial charge in [-0.3, -0.25) is 4.21 Å². The van der Waals surface area contributed by atoms with Crippen molar-refractivity contribution in [1.82, 2.24) is 0 Å². The lowest BCUT2D eigenvalue weighted by Crippen LogP contribution is -2.18. The third-order valence-corrected chi connectivity index (χ3v) is 4.90. The van der Waals surface area contributed by atoms with Crippen LogP contribution in [-0.4, -0.2) is 16.0 Å². The minimum Gasteiger partial charge on any atom is -0.328 e. The van der Waals surface area contributed by atoms with Crippen molar-refractivity contribution in [2.45, 2.75) is 36.4 Å². The Bertz CT molecular complexity index is 272. The predicted octanol–water partition coefficient (Wildman–Crippen LogP) is 2.37. The fraction of sp³-hybridized carbons (Fsp3) is 0.600. The largest absolute Gasteiger partial charge is 0.328 e. The van der Waals surface area contributed by atoms with Crippen molar-refractivity contribution in [2.75, 3.05) is 5.75 Å². The summed E-state index contributed by atoms with van der Waals surface area (Å²) in [5.74, 6) is 0.744. The second-order valence-electron chi connectivity index (χ2n) is 3.29. The summed E-state index contributed by atoms with van der Waals surface area (Å²) in [5.41, 5.74) is 5.78. The molecule has 0 amide bonds. The van der Waals surface area contributed by atoms with Crippen molar-refractivity contribution < 1.29 is 4.21 Å². The highest BCUT2D eigenvalue weighted by Gasteiger charge is 2.05. The van der Waals surface area contributed by atoms with E-state index in [0.717, 1.165) is 29.2 Å². The van der Waals surface area contributed by atoms with E-state index in [4.69, 9.17) is 5.73 Å². The highest BCUT2D eigenvalue weighted by molar-refractivity contribution is 7.87. The summed E-state index contributed by atoms with van der Waals surface area (Å²) >= 11 is 1.56. The van der Waals surface area contributed by atoms with E-state index in [1.165, 1.54) is 0 Å². The van der Waals surface area contributed by atoms with Crippen LogP contribution in [0.1, 0.15) is 26.2 Å². The standard InChI is InChI=1S/C10H17NOS2/c1-2-9(11)5-4-8-14(12)10-6-3-7-13-10/h3,6-7,9H,2,4-5,8,11H2,1H3. The lowest BCUT2D eigenvalue weighted by Gasteiger charge is -2.06. The van der Waals surface area contributed by atoms with Gasteiger partial charge in [0.1, 0.15) is 0 Å². The molecule has 2 unspecified atom stereocenters. The Balaban J connectivity index is 2.23. The minimum absolute atomic E-state index is 0.273. The molecule has 0 spiro atoms. The van der Waals surface area contributed by atoms with E-state index < -0.39 is 10.8 Å². The molecule has 0 saturated heterocycles. The third kappa shape index (κ3) is 3.90. The molecule has 80 valence electrons. The molecule has 0 saturated carbocycles. The molecule has 0 radical (unpaired) electrons. The fourth-order valence-corrected chi connectivity index (χ4v) is 3.33. The molecule has 0 aliphatic rings. The Kier molecular flexibility index (Phi) is 5.37. The van der Waals surface area contributed by atoms with Gasteiger partial charge < -0.3 is 5.73 Å². The van der Waals surface area contributed by atoms with Crippen LogP contribution in [0.4, 0.5) is 0 Å². The van der Waals surface area contributed by atoms with Crippen molar-refractivity contribution in [3.63, 3.8) is 0 Å². The van der Waals surface area contributed by atoms with Gasteiger partial charge in [0.15, 0.2) is 0 Å². The first-order valence-electron chi connectivity index (χ1n) is 4.91. The summed E-state index contributed by atoms with van der Waals surface area (Å²) in [6, 6.07) is 4.14.